The summed E-state index contributed by atoms with van der Waals surface area (Å²) >= 11 is 0. The van der Waals surface area contributed by atoms with Crippen molar-refractivity contribution in [2.24, 2.45) is 0 Å². The summed E-state index contributed by atoms with van der Waals surface area (Å²) in [5.74, 6) is 0.440. The Hall–Kier alpha value is -1.99. The normalized spacial score (nSPS) is 17.7. The fraction of sp³-hybridized carbons (Fsp3) is 0.562. The highest BCUT2D eigenvalue weighted by molar-refractivity contribution is 5.79. The third-order valence-corrected chi connectivity index (χ3v) is 4.16. The number of fused-ring (bicyclic) bond motifs is 1. The molecule has 0 saturated carbocycles. The molecule has 2 aromatic heterocycles. The second kappa shape index (κ2) is 7.52. The van der Waals surface area contributed by atoms with Crippen LogP contribution in [-0.2, 0) is 16.1 Å². The van der Waals surface area contributed by atoms with E-state index in [9.17, 15) is 4.79 Å². The first-order valence-corrected chi connectivity index (χ1v) is 8.07. The maximum absolute atomic E-state index is 11.6. The standard InChI is InChI=1S/C16H23N5O2/c1-23-10-5-14(22)18-8-9-21-16-13(3-2-6-19-16)15(20-21)12-4-7-17-11-12/h2-3,6,12,17H,4-5,7-11H2,1H3,(H,18,22)/t12-/m1/s1. The van der Waals surface area contributed by atoms with Crippen LogP contribution in [-0.4, -0.2) is 54.0 Å². The minimum Gasteiger partial charge on any atom is -0.384 e. The maximum atomic E-state index is 11.6. The minimum atomic E-state index is -0.00325. The van der Waals surface area contributed by atoms with Crippen molar-refractivity contribution < 1.29 is 9.53 Å². The number of carbonyl (C=O) groups excluding carboxylic acids is 1. The van der Waals surface area contributed by atoms with Crippen molar-refractivity contribution in [3.05, 3.63) is 24.0 Å². The maximum Gasteiger partial charge on any atom is 0.222 e. The Morgan fingerprint density at radius 3 is 3.26 bits per heavy atom. The average Bonchev–Trinajstić information content (AvgIpc) is 3.21. The molecule has 1 amide bonds. The summed E-state index contributed by atoms with van der Waals surface area (Å²) in [5, 5.41) is 12.2. The predicted octanol–water partition coefficient (Wildman–Crippen LogP) is 0.661. The van der Waals surface area contributed by atoms with Gasteiger partial charge in [0.15, 0.2) is 5.65 Å². The number of amides is 1. The Bertz CT molecular complexity index is 664. The number of hydrogen-bond donors (Lipinski definition) is 2. The number of rotatable bonds is 7. The van der Waals surface area contributed by atoms with Crippen molar-refractivity contribution in [2.75, 3.05) is 33.4 Å². The molecule has 0 radical (unpaired) electrons. The van der Waals surface area contributed by atoms with Crippen molar-refractivity contribution >= 4 is 16.9 Å². The average molecular weight is 317 g/mol. The largest absolute Gasteiger partial charge is 0.384 e. The molecule has 7 heteroatoms. The molecule has 2 N–H and O–H groups in total. The van der Waals surface area contributed by atoms with Crippen LogP contribution in [0.3, 0.4) is 0 Å². The van der Waals surface area contributed by atoms with Crippen LogP contribution >= 0.6 is 0 Å². The molecular weight excluding hydrogens is 294 g/mol. The van der Waals surface area contributed by atoms with Crippen molar-refractivity contribution in [2.45, 2.75) is 25.3 Å². The molecule has 3 heterocycles. The van der Waals surface area contributed by atoms with Gasteiger partial charge in [0, 0.05) is 44.1 Å². The molecule has 7 nitrogen and oxygen atoms in total. The third kappa shape index (κ3) is 3.68. The molecule has 3 rings (SSSR count). The summed E-state index contributed by atoms with van der Waals surface area (Å²) in [4.78, 5) is 16.1. The first kappa shape index (κ1) is 15.9. The van der Waals surface area contributed by atoms with Crippen LogP contribution < -0.4 is 10.6 Å². The fourth-order valence-electron chi connectivity index (χ4n) is 2.96. The molecule has 0 aliphatic carbocycles. The topological polar surface area (TPSA) is 81.1 Å². The minimum absolute atomic E-state index is 0.00325. The number of pyridine rings is 1. The van der Waals surface area contributed by atoms with E-state index in [0.29, 0.717) is 32.0 Å². The van der Waals surface area contributed by atoms with Gasteiger partial charge in [-0.05, 0) is 25.1 Å². The highest BCUT2D eigenvalue weighted by Crippen LogP contribution is 2.27. The lowest BCUT2D eigenvalue weighted by molar-refractivity contribution is -0.121. The molecule has 0 unspecified atom stereocenters. The Morgan fingerprint density at radius 2 is 2.48 bits per heavy atom. The van der Waals surface area contributed by atoms with Crippen LogP contribution in [0.25, 0.3) is 11.0 Å². The third-order valence-electron chi connectivity index (χ3n) is 4.16. The number of nitrogens with zero attached hydrogens (tertiary/aromatic N) is 3. The van der Waals surface area contributed by atoms with E-state index in [1.807, 2.05) is 10.7 Å². The molecule has 1 atom stereocenters. The van der Waals surface area contributed by atoms with Gasteiger partial charge in [-0.25, -0.2) is 9.67 Å². The Balaban J connectivity index is 1.69. The molecule has 0 bridgehead atoms. The lowest BCUT2D eigenvalue weighted by Gasteiger charge is -2.06. The highest BCUT2D eigenvalue weighted by Gasteiger charge is 2.23. The molecule has 0 spiro atoms. The van der Waals surface area contributed by atoms with Crippen LogP contribution in [0, 0.1) is 0 Å². The molecule has 1 fully saturated rings. The van der Waals surface area contributed by atoms with Gasteiger partial charge in [-0.15, -0.1) is 0 Å². The van der Waals surface area contributed by atoms with Crippen molar-refractivity contribution in [1.29, 1.82) is 0 Å². The first-order chi connectivity index (χ1) is 11.3. The number of ether oxygens (including phenoxy) is 1. The zero-order valence-corrected chi connectivity index (χ0v) is 13.4. The molecule has 0 aromatic carbocycles. The number of carbonyl (C=O) groups is 1. The van der Waals surface area contributed by atoms with E-state index in [-0.39, 0.29) is 5.91 Å². The number of methoxy groups -OCH3 is 1. The molecule has 1 aliphatic rings. The van der Waals surface area contributed by atoms with Crippen LogP contribution in [0.4, 0.5) is 0 Å². The predicted molar refractivity (Wildman–Crippen MR) is 87.3 cm³/mol. The summed E-state index contributed by atoms with van der Waals surface area (Å²) in [5.41, 5.74) is 2.00. The Labute approximate surface area is 135 Å². The van der Waals surface area contributed by atoms with Gasteiger partial charge < -0.3 is 15.4 Å². The number of hydrogen-bond acceptors (Lipinski definition) is 5. The first-order valence-electron chi connectivity index (χ1n) is 8.07. The van der Waals surface area contributed by atoms with E-state index in [2.05, 4.69) is 21.7 Å². The zero-order chi connectivity index (χ0) is 16.1. The molecule has 23 heavy (non-hydrogen) atoms. The second-order valence-corrected chi connectivity index (χ2v) is 5.77. The molecular formula is C16H23N5O2. The summed E-state index contributed by atoms with van der Waals surface area (Å²) < 4.78 is 6.80. The molecule has 1 saturated heterocycles. The van der Waals surface area contributed by atoms with E-state index >= 15 is 0 Å². The van der Waals surface area contributed by atoms with Crippen LogP contribution in [0.1, 0.15) is 24.5 Å². The SMILES string of the molecule is COCCC(=O)NCCn1nc([C@@H]2CCNC2)c2cccnc21. The van der Waals surface area contributed by atoms with Gasteiger partial charge in [-0.1, -0.05) is 0 Å². The van der Waals surface area contributed by atoms with Crippen molar-refractivity contribution in [3.63, 3.8) is 0 Å². The molecule has 1 aliphatic heterocycles. The fourth-order valence-corrected chi connectivity index (χ4v) is 2.96. The summed E-state index contributed by atoms with van der Waals surface area (Å²) in [6, 6.07) is 4.03. The van der Waals surface area contributed by atoms with Gasteiger partial charge in [-0.3, -0.25) is 4.79 Å². The van der Waals surface area contributed by atoms with Gasteiger partial charge in [0.05, 0.1) is 18.8 Å². The van der Waals surface area contributed by atoms with Crippen LogP contribution in [0.5, 0.6) is 0 Å². The summed E-state index contributed by atoms with van der Waals surface area (Å²) in [6.07, 6.45) is 3.27. The quantitative estimate of drug-likeness (QED) is 0.784. The van der Waals surface area contributed by atoms with Crippen LogP contribution in [0.15, 0.2) is 18.3 Å². The summed E-state index contributed by atoms with van der Waals surface area (Å²) in [6.45, 7) is 3.60. The molecule has 124 valence electrons. The lowest BCUT2D eigenvalue weighted by atomic mass is 10.0. The van der Waals surface area contributed by atoms with Gasteiger partial charge in [0.1, 0.15) is 0 Å². The van der Waals surface area contributed by atoms with E-state index in [4.69, 9.17) is 9.84 Å². The lowest BCUT2D eigenvalue weighted by Crippen LogP contribution is -2.28. The van der Waals surface area contributed by atoms with Crippen LogP contribution in [0.2, 0.25) is 0 Å². The monoisotopic (exact) mass is 317 g/mol. The zero-order valence-electron chi connectivity index (χ0n) is 13.4. The Morgan fingerprint density at radius 1 is 1.57 bits per heavy atom. The van der Waals surface area contributed by atoms with Gasteiger partial charge >= 0.3 is 0 Å². The van der Waals surface area contributed by atoms with Crippen molar-refractivity contribution in [3.8, 4) is 0 Å². The van der Waals surface area contributed by atoms with Crippen molar-refractivity contribution in [1.82, 2.24) is 25.4 Å². The number of nitrogens with one attached hydrogen (secondary N) is 2. The van der Waals surface area contributed by atoms with E-state index in [1.165, 1.54) is 0 Å². The Kier molecular flexibility index (Phi) is 5.19. The highest BCUT2D eigenvalue weighted by atomic mass is 16.5. The smallest absolute Gasteiger partial charge is 0.222 e. The van der Waals surface area contributed by atoms with Gasteiger partial charge in [-0.2, -0.15) is 5.10 Å². The summed E-state index contributed by atoms with van der Waals surface area (Å²) in [7, 11) is 1.59. The van der Waals surface area contributed by atoms with E-state index < -0.39 is 0 Å². The molecule has 2 aromatic rings. The second-order valence-electron chi connectivity index (χ2n) is 5.77. The van der Waals surface area contributed by atoms with Gasteiger partial charge in [0.25, 0.3) is 0 Å². The van der Waals surface area contributed by atoms with E-state index in [1.54, 1.807) is 13.3 Å². The number of aromatic nitrogens is 3. The van der Waals surface area contributed by atoms with E-state index in [0.717, 1.165) is 36.2 Å². The van der Waals surface area contributed by atoms with Gasteiger partial charge in [0.2, 0.25) is 5.91 Å².